The number of likely N-dealkylation sites (tertiary alicyclic amines) is 1. The largest absolute Gasteiger partial charge is 0.501 e. The molecule has 36 heavy (non-hydrogen) atoms. The van der Waals surface area contributed by atoms with Crippen LogP contribution in [0.4, 0.5) is 23.7 Å². The molecule has 0 spiro atoms. The number of hydrogen-bond acceptors (Lipinski definition) is 7. The fourth-order valence-electron chi connectivity index (χ4n) is 4.20. The quantitative estimate of drug-likeness (QED) is 0.487. The maximum atomic E-state index is 13.1. The maximum absolute atomic E-state index is 13.1. The van der Waals surface area contributed by atoms with Gasteiger partial charge < -0.3 is 9.64 Å². The van der Waals surface area contributed by atoms with Crippen LogP contribution < -0.4 is 9.64 Å². The summed E-state index contributed by atoms with van der Waals surface area (Å²) in [4.78, 5) is 33.6. The Labute approximate surface area is 206 Å². The van der Waals surface area contributed by atoms with Crippen LogP contribution in [0.5, 0.6) is 5.75 Å². The van der Waals surface area contributed by atoms with E-state index in [1.807, 2.05) is 0 Å². The third-order valence-electron chi connectivity index (χ3n) is 6.27. The Kier molecular flexibility index (Phi) is 7.23. The first-order valence-electron chi connectivity index (χ1n) is 11.3. The van der Waals surface area contributed by atoms with E-state index >= 15 is 0 Å². The zero-order valence-corrected chi connectivity index (χ0v) is 20.3. The molecule has 4 rings (SSSR count). The van der Waals surface area contributed by atoms with Crippen molar-refractivity contribution in [1.82, 2.24) is 14.8 Å². The molecule has 0 aliphatic carbocycles. The van der Waals surface area contributed by atoms with Crippen LogP contribution in [0.15, 0.2) is 47.6 Å². The fraction of sp³-hybridized carbons (Fsp3) is 0.435. The third kappa shape index (κ3) is 5.03. The van der Waals surface area contributed by atoms with Crippen molar-refractivity contribution in [1.29, 1.82) is 0 Å². The van der Waals surface area contributed by atoms with Gasteiger partial charge >= 0.3 is 11.5 Å². The number of carbonyl (C=O) groups is 2. The summed E-state index contributed by atoms with van der Waals surface area (Å²) < 4.78 is 67.5. The summed E-state index contributed by atoms with van der Waals surface area (Å²) >= 11 is 0. The van der Waals surface area contributed by atoms with Gasteiger partial charge in [-0.15, -0.1) is 0 Å². The second kappa shape index (κ2) is 10.1. The van der Waals surface area contributed by atoms with E-state index in [2.05, 4.69) is 9.88 Å². The van der Waals surface area contributed by atoms with E-state index in [-0.39, 0.29) is 12.2 Å². The number of amides is 3. The molecule has 1 aromatic carbocycles. The summed E-state index contributed by atoms with van der Waals surface area (Å²) in [5, 5.41) is 0. The van der Waals surface area contributed by atoms with Crippen molar-refractivity contribution in [2.24, 2.45) is 0 Å². The van der Waals surface area contributed by atoms with Crippen LogP contribution in [0.25, 0.3) is 0 Å². The lowest BCUT2D eigenvalue weighted by atomic mass is 10.2. The fourth-order valence-corrected chi connectivity index (χ4v) is 4.96. The average molecular weight is 527 g/mol. The number of anilines is 1. The molecule has 0 bridgehead atoms. The highest BCUT2D eigenvalue weighted by Crippen LogP contribution is 2.33. The van der Waals surface area contributed by atoms with Crippen LogP contribution in [0.3, 0.4) is 0 Å². The summed E-state index contributed by atoms with van der Waals surface area (Å²) in [5.74, 6) is -0.0960. The molecule has 13 heteroatoms. The molecule has 1 atom stereocenters. The lowest BCUT2D eigenvalue weighted by Gasteiger charge is -2.21. The van der Waals surface area contributed by atoms with Crippen molar-refractivity contribution in [2.75, 3.05) is 31.1 Å². The number of ether oxygens (including phenoxy) is 1. The van der Waals surface area contributed by atoms with E-state index in [9.17, 15) is 31.2 Å². The second-order valence-corrected chi connectivity index (χ2v) is 10.5. The number of pyridine rings is 1. The molecule has 2 aliphatic rings. The third-order valence-corrected chi connectivity index (χ3v) is 7.77. The number of hydrogen-bond donors (Lipinski definition) is 0. The maximum Gasteiger partial charge on any atom is 0.501 e. The van der Waals surface area contributed by atoms with E-state index in [0.717, 1.165) is 48.8 Å². The predicted molar refractivity (Wildman–Crippen MR) is 123 cm³/mol. The summed E-state index contributed by atoms with van der Waals surface area (Å²) in [6.07, 6.45) is 5.42. The summed E-state index contributed by atoms with van der Waals surface area (Å²) in [6, 6.07) is 3.60. The number of benzene rings is 1. The summed E-state index contributed by atoms with van der Waals surface area (Å²) in [7, 11) is -5.55. The van der Waals surface area contributed by atoms with Gasteiger partial charge in [-0.1, -0.05) is 0 Å². The van der Waals surface area contributed by atoms with Gasteiger partial charge in [0.15, 0.2) is 0 Å². The number of aromatic nitrogens is 1. The number of rotatable bonds is 8. The van der Waals surface area contributed by atoms with Crippen molar-refractivity contribution in [3.8, 4) is 5.75 Å². The Morgan fingerprint density at radius 3 is 2.39 bits per heavy atom. The van der Waals surface area contributed by atoms with Gasteiger partial charge in [-0.2, -0.15) is 13.2 Å². The molecule has 2 aliphatic heterocycles. The molecule has 2 saturated heterocycles. The van der Waals surface area contributed by atoms with Crippen LogP contribution in [-0.4, -0.2) is 72.9 Å². The smallest absolute Gasteiger partial charge is 0.490 e. The van der Waals surface area contributed by atoms with Gasteiger partial charge in [-0.25, -0.2) is 18.1 Å². The highest BCUT2D eigenvalue weighted by molar-refractivity contribution is 7.92. The Morgan fingerprint density at radius 1 is 1.08 bits per heavy atom. The van der Waals surface area contributed by atoms with Gasteiger partial charge in [0.05, 0.1) is 23.3 Å². The molecular formula is C23H25F3N4O5S. The topological polar surface area (TPSA) is 100 Å². The van der Waals surface area contributed by atoms with Gasteiger partial charge in [-0.3, -0.25) is 14.7 Å². The van der Waals surface area contributed by atoms with Gasteiger partial charge in [0, 0.05) is 18.3 Å². The van der Waals surface area contributed by atoms with Gasteiger partial charge in [-0.05, 0) is 63.2 Å². The normalized spacial score (nSPS) is 19.4. The number of sulfone groups is 1. The Hall–Kier alpha value is -3.19. The zero-order valence-electron chi connectivity index (χ0n) is 19.4. The minimum Gasteiger partial charge on any atom is -0.490 e. The van der Waals surface area contributed by atoms with Gasteiger partial charge in [0.1, 0.15) is 18.4 Å². The van der Waals surface area contributed by atoms with Crippen molar-refractivity contribution in [3.63, 3.8) is 0 Å². The Bertz CT molecular complexity index is 1230. The number of nitrogens with zero attached hydrogens (tertiary/aromatic N) is 4. The number of carbonyl (C=O) groups excluding carboxylic acids is 2. The highest BCUT2D eigenvalue weighted by Gasteiger charge is 2.47. The molecule has 3 amide bonds. The molecule has 2 fully saturated rings. The Balaban J connectivity index is 1.48. The first kappa shape index (κ1) is 25.9. The number of imide groups is 1. The van der Waals surface area contributed by atoms with Crippen LogP contribution in [-0.2, 0) is 21.2 Å². The van der Waals surface area contributed by atoms with E-state index in [1.165, 1.54) is 24.7 Å². The summed E-state index contributed by atoms with van der Waals surface area (Å²) in [6.45, 7) is 4.86. The molecule has 3 heterocycles. The zero-order chi connectivity index (χ0) is 26.1. The number of halogens is 3. The predicted octanol–water partition coefficient (Wildman–Crippen LogP) is 3.21. The Morgan fingerprint density at radius 2 is 1.75 bits per heavy atom. The van der Waals surface area contributed by atoms with Crippen molar-refractivity contribution < 1.29 is 35.9 Å². The van der Waals surface area contributed by atoms with Crippen molar-refractivity contribution >= 4 is 27.5 Å². The number of alkyl halides is 3. The monoisotopic (exact) mass is 526 g/mol. The highest BCUT2D eigenvalue weighted by atomic mass is 32.2. The first-order valence-corrected chi connectivity index (χ1v) is 12.8. The molecule has 1 unspecified atom stereocenters. The minimum atomic E-state index is -5.55. The SMILES string of the molecule is CC1C(=O)N(c2ccc(S(=O)(=O)C(F)(F)F)cc2)C(=O)N1Cc1ccncc1OCCN1CCCC1. The van der Waals surface area contributed by atoms with Gasteiger partial charge in [0.2, 0.25) is 0 Å². The molecular weight excluding hydrogens is 501 g/mol. The molecule has 0 N–H and O–H groups in total. The van der Waals surface area contributed by atoms with E-state index < -0.39 is 38.2 Å². The van der Waals surface area contributed by atoms with E-state index in [0.29, 0.717) is 17.9 Å². The van der Waals surface area contributed by atoms with Crippen molar-refractivity contribution in [3.05, 3.63) is 48.3 Å². The van der Waals surface area contributed by atoms with E-state index in [4.69, 9.17) is 4.74 Å². The summed E-state index contributed by atoms with van der Waals surface area (Å²) in [5.41, 5.74) is -4.84. The van der Waals surface area contributed by atoms with Crippen LogP contribution in [0, 0.1) is 0 Å². The molecule has 1 aromatic heterocycles. The van der Waals surface area contributed by atoms with E-state index in [1.54, 1.807) is 18.5 Å². The second-order valence-electron chi connectivity index (χ2n) is 8.58. The molecule has 2 aromatic rings. The van der Waals surface area contributed by atoms with Crippen LogP contribution in [0.1, 0.15) is 25.3 Å². The molecule has 9 nitrogen and oxygen atoms in total. The molecule has 0 radical (unpaired) electrons. The first-order chi connectivity index (χ1) is 17.0. The lowest BCUT2D eigenvalue weighted by molar-refractivity contribution is -0.119. The van der Waals surface area contributed by atoms with Crippen LogP contribution in [0.2, 0.25) is 0 Å². The minimum absolute atomic E-state index is 0.0303. The standard InChI is InChI=1S/C23H25F3N4O5S/c1-16-21(31)30(18-4-6-19(7-5-18)36(33,34)23(24,25)26)22(32)29(16)15-17-8-9-27-14-20(17)35-13-12-28-10-2-3-11-28/h4-9,14,16H,2-3,10-13,15H2,1H3. The van der Waals surface area contributed by atoms with Crippen LogP contribution >= 0.6 is 0 Å². The number of urea groups is 1. The lowest BCUT2D eigenvalue weighted by Crippen LogP contribution is -2.33. The van der Waals surface area contributed by atoms with Gasteiger partial charge in [0.25, 0.3) is 15.7 Å². The molecule has 0 saturated carbocycles. The van der Waals surface area contributed by atoms with Crippen molar-refractivity contribution in [2.45, 2.75) is 42.8 Å². The molecule has 194 valence electrons. The average Bonchev–Trinajstić information content (AvgIpc) is 3.42.